The van der Waals surface area contributed by atoms with Gasteiger partial charge < -0.3 is 9.52 Å². The van der Waals surface area contributed by atoms with Crippen LogP contribution in [0.3, 0.4) is 0 Å². The molecular weight excluding hydrogens is 354 g/mol. The van der Waals surface area contributed by atoms with E-state index in [-0.39, 0.29) is 10.5 Å². The van der Waals surface area contributed by atoms with Gasteiger partial charge in [0.25, 0.3) is 10.0 Å². The van der Waals surface area contributed by atoms with Crippen LogP contribution in [-0.4, -0.2) is 47.2 Å². The standard InChI is InChI=1S/C18H25N3O4S/c1-12-13(2)19-20-17(12)14-6-7-16(25-14)26(23,24)21-10-4-9-18(11-21)8-3-5-15(18)22/h6-7,15,22H,3-5,8-11H2,1-2H3,(H,19,20)/t15-,18+/m1/s1. The lowest BCUT2D eigenvalue weighted by atomic mass is 9.77. The second-order valence-corrected chi connectivity index (χ2v) is 9.52. The molecule has 0 amide bonds. The number of aliphatic hydroxyl groups is 1. The second kappa shape index (κ2) is 6.21. The molecular formula is C18H25N3O4S. The highest BCUT2D eigenvalue weighted by Crippen LogP contribution is 2.46. The number of nitrogens with zero attached hydrogens (tertiary/aromatic N) is 2. The maximum absolute atomic E-state index is 13.1. The van der Waals surface area contributed by atoms with E-state index in [1.54, 1.807) is 6.07 Å². The lowest BCUT2D eigenvalue weighted by molar-refractivity contribution is 0.0124. The van der Waals surface area contributed by atoms with Crippen LogP contribution in [-0.2, 0) is 10.0 Å². The Balaban J connectivity index is 1.62. The molecule has 2 fully saturated rings. The fourth-order valence-electron chi connectivity index (χ4n) is 4.36. The fraction of sp³-hybridized carbons (Fsp3) is 0.611. The Morgan fingerprint density at radius 1 is 1.31 bits per heavy atom. The summed E-state index contributed by atoms with van der Waals surface area (Å²) in [5.74, 6) is 0.443. The first kappa shape index (κ1) is 17.8. The van der Waals surface area contributed by atoms with Crippen LogP contribution in [0.15, 0.2) is 21.6 Å². The zero-order valence-electron chi connectivity index (χ0n) is 15.2. The van der Waals surface area contributed by atoms with Gasteiger partial charge in [-0.05, 0) is 51.7 Å². The van der Waals surface area contributed by atoms with E-state index in [2.05, 4.69) is 10.2 Å². The highest BCUT2D eigenvalue weighted by atomic mass is 32.2. The summed E-state index contributed by atoms with van der Waals surface area (Å²) in [4.78, 5) is 0. The Hall–Kier alpha value is -1.64. The minimum absolute atomic E-state index is 0.0583. The van der Waals surface area contributed by atoms with Crippen molar-refractivity contribution >= 4 is 10.0 Å². The first-order valence-electron chi connectivity index (χ1n) is 9.13. The number of aliphatic hydroxyl groups excluding tert-OH is 1. The van der Waals surface area contributed by atoms with Gasteiger partial charge in [-0.15, -0.1) is 0 Å². The zero-order chi connectivity index (χ0) is 18.5. The largest absolute Gasteiger partial charge is 0.442 e. The topological polar surface area (TPSA) is 99.4 Å². The molecule has 0 bridgehead atoms. The third kappa shape index (κ3) is 2.71. The summed E-state index contributed by atoms with van der Waals surface area (Å²) < 4.78 is 33.3. The molecule has 7 nitrogen and oxygen atoms in total. The van der Waals surface area contributed by atoms with Crippen molar-refractivity contribution in [1.82, 2.24) is 14.5 Å². The molecule has 1 aliphatic heterocycles. The minimum Gasteiger partial charge on any atom is -0.442 e. The predicted octanol–water partition coefficient (Wildman–Crippen LogP) is 2.60. The molecule has 2 aromatic heterocycles. The Morgan fingerprint density at radius 2 is 2.08 bits per heavy atom. The molecule has 8 heteroatoms. The van der Waals surface area contributed by atoms with Crippen LogP contribution in [0.2, 0.25) is 0 Å². The molecule has 3 heterocycles. The van der Waals surface area contributed by atoms with Gasteiger partial charge in [0, 0.05) is 29.8 Å². The van der Waals surface area contributed by atoms with Gasteiger partial charge >= 0.3 is 0 Å². The van der Waals surface area contributed by atoms with Crippen molar-refractivity contribution < 1.29 is 17.9 Å². The van der Waals surface area contributed by atoms with Gasteiger partial charge in [0.2, 0.25) is 5.09 Å². The number of aromatic nitrogens is 2. The number of aromatic amines is 1. The van der Waals surface area contributed by atoms with Crippen LogP contribution < -0.4 is 0 Å². The first-order chi connectivity index (χ1) is 12.3. The molecule has 4 rings (SSSR count). The molecule has 0 unspecified atom stereocenters. The highest BCUT2D eigenvalue weighted by Gasteiger charge is 2.47. The molecule has 142 valence electrons. The molecule has 1 saturated carbocycles. The number of aryl methyl sites for hydroxylation is 1. The number of piperidine rings is 1. The van der Waals surface area contributed by atoms with E-state index >= 15 is 0 Å². The molecule has 2 N–H and O–H groups in total. The molecule has 2 aromatic rings. The quantitative estimate of drug-likeness (QED) is 0.854. The number of furan rings is 1. The van der Waals surface area contributed by atoms with Crippen molar-refractivity contribution in [1.29, 1.82) is 0 Å². The number of rotatable bonds is 3. The van der Waals surface area contributed by atoms with Gasteiger partial charge in [-0.3, -0.25) is 5.10 Å². The number of sulfonamides is 1. The van der Waals surface area contributed by atoms with Gasteiger partial charge in [-0.1, -0.05) is 6.42 Å². The Labute approximate surface area is 153 Å². The van der Waals surface area contributed by atoms with Gasteiger partial charge in [-0.2, -0.15) is 9.40 Å². The summed E-state index contributed by atoms with van der Waals surface area (Å²) >= 11 is 0. The molecule has 26 heavy (non-hydrogen) atoms. The molecule has 2 atom stereocenters. The lowest BCUT2D eigenvalue weighted by Crippen LogP contribution is -2.49. The van der Waals surface area contributed by atoms with Crippen molar-refractivity contribution in [3.05, 3.63) is 23.4 Å². The highest BCUT2D eigenvalue weighted by molar-refractivity contribution is 7.89. The maximum Gasteiger partial charge on any atom is 0.276 e. The molecule has 1 aliphatic carbocycles. The minimum atomic E-state index is -3.72. The van der Waals surface area contributed by atoms with E-state index in [9.17, 15) is 13.5 Å². The van der Waals surface area contributed by atoms with Crippen LogP contribution in [0.4, 0.5) is 0 Å². The summed E-state index contributed by atoms with van der Waals surface area (Å²) in [7, 11) is -3.72. The molecule has 0 aromatic carbocycles. The number of hydrogen-bond acceptors (Lipinski definition) is 5. The lowest BCUT2D eigenvalue weighted by Gasteiger charge is -2.41. The molecule has 2 aliphatic rings. The molecule has 1 saturated heterocycles. The fourth-order valence-corrected chi connectivity index (χ4v) is 5.84. The Morgan fingerprint density at radius 3 is 2.73 bits per heavy atom. The molecule has 0 radical (unpaired) electrons. The zero-order valence-corrected chi connectivity index (χ0v) is 16.0. The van der Waals surface area contributed by atoms with E-state index < -0.39 is 16.1 Å². The average Bonchev–Trinajstić information content (AvgIpc) is 3.31. The van der Waals surface area contributed by atoms with Gasteiger partial charge in [0.05, 0.1) is 6.10 Å². The summed E-state index contributed by atoms with van der Waals surface area (Å²) in [6.07, 6.45) is 3.84. The summed E-state index contributed by atoms with van der Waals surface area (Å²) in [6, 6.07) is 3.15. The summed E-state index contributed by atoms with van der Waals surface area (Å²) in [5.41, 5.74) is 2.20. The van der Waals surface area contributed by atoms with Crippen LogP contribution in [0, 0.1) is 19.3 Å². The first-order valence-corrected chi connectivity index (χ1v) is 10.6. The number of hydrogen-bond donors (Lipinski definition) is 2. The summed E-state index contributed by atoms with van der Waals surface area (Å²) in [5, 5.41) is 17.4. The van der Waals surface area contributed by atoms with Crippen molar-refractivity contribution in [3.63, 3.8) is 0 Å². The number of nitrogens with one attached hydrogen (secondary N) is 1. The van der Waals surface area contributed by atoms with Crippen molar-refractivity contribution in [2.45, 2.75) is 57.1 Å². The normalized spacial score (nSPS) is 27.4. The van der Waals surface area contributed by atoms with Crippen molar-refractivity contribution in [2.24, 2.45) is 5.41 Å². The molecule has 1 spiro atoms. The van der Waals surface area contributed by atoms with Crippen molar-refractivity contribution in [2.75, 3.05) is 13.1 Å². The van der Waals surface area contributed by atoms with E-state index in [1.165, 1.54) is 10.4 Å². The van der Waals surface area contributed by atoms with E-state index in [1.807, 2.05) is 13.8 Å². The second-order valence-electron chi connectivity index (χ2n) is 7.65. The SMILES string of the molecule is Cc1[nH]nc(-c2ccc(S(=O)(=O)N3CCC[C@@]4(CCC[C@H]4O)C3)o2)c1C. The predicted molar refractivity (Wildman–Crippen MR) is 96.0 cm³/mol. The number of H-pyrrole nitrogens is 1. The van der Waals surface area contributed by atoms with Crippen molar-refractivity contribution in [3.8, 4) is 11.5 Å². The van der Waals surface area contributed by atoms with E-state index in [0.717, 1.165) is 43.4 Å². The van der Waals surface area contributed by atoms with E-state index in [0.29, 0.717) is 24.5 Å². The maximum atomic E-state index is 13.1. The summed E-state index contributed by atoms with van der Waals surface area (Å²) in [6.45, 7) is 4.66. The smallest absolute Gasteiger partial charge is 0.276 e. The Kier molecular flexibility index (Phi) is 4.24. The van der Waals surface area contributed by atoms with Crippen LogP contribution in [0.25, 0.3) is 11.5 Å². The third-order valence-electron chi connectivity index (χ3n) is 6.09. The third-order valence-corrected chi connectivity index (χ3v) is 7.81. The van der Waals surface area contributed by atoms with Crippen LogP contribution in [0.1, 0.15) is 43.4 Å². The van der Waals surface area contributed by atoms with Crippen LogP contribution >= 0.6 is 0 Å². The van der Waals surface area contributed by atoms with E-state index in [4.69, 9.17) is 4.42 Å². The monoisotopic (exact) mass is 379 g/mol. The van der Waals surface area contributed by atoms with Crippen LogP contribution in [0.5, 0.6) is 0 Å². The Bertz CT molecular complexity index is 917. The van der Waals surface area contributed by atoms with Gasteiger partial charge in [-0.25, -0.2) is 8.42 Å². The van der Waals surface area contributed by atoms with Gasteiger partial charge in [0.1, 0.15) is 5.69 Å². The van der Waals surface area contributed by atoms with Gasteiger partial charge in [0.15, 0.2) is 5.76 Å². The average molecular weight is 379 g/mol.